The zero-order chi connectivity index (χ0) is 21.2. The van der Waals surface area contributed by atoms with Crippen molar-refractivity contribution < 1.29 is 22.7 Å². The van der Waals surface area contributed by atoms with Crippen LogP contribution in [-0.2, 0) is 19.4 Å². The predicted octanol–water partition coefficient (Wildman–Crippen LogP) is 0.752. The van der Waals surface area contributed by atoms with Gasteiger partial charge in [-0.2, -0.15) is 5.10 Å². The number of aromatic amines is 1. The maximum absolute atomic E-state index is 12.7. The Morgan fingerprint density at radius 1 is 1.28 bits per heavy atom. The van der Waals surface area contributed by atoms with Gasteiger partial charge >= 0.3 is 5.97 Å². The highest BCUT2D eigenvalue weighted by Crippen LogP contribution is 2.20. The van der Waals surface area contributed by atoms with Gasteiger partial charge in [0.15, 0.2) is 22.1 Å². The molecular weight excluding hydrogens is 398 g/mol. The summed E-state index contributed by atoms with van der Waals surface area (Å²) in [5.74, 6) is -1.20. The van der Waals surface area contributed by atoms with E-state index in [0.717, 1.165) is 0 Å². The van der Waals surface area contributed by atoms with Gasteiger partial charge in [0.25, 0.3) is 11.5 Å². The monoisotopic (exact) mass is 421 g/mol. The lowest BCUT2D eigenvalue weighted by Gasteiger charge is -2.29. The van der Waals surface area contributed by atoms with Crippen molar-refractivity contribution >= 4 is 32.5 Å². The van der Waals surface area contributed by atoms with Crippen LogP contribution in [0.15, 0.2) is 29.1 Å². The standard InChI is InChI=1S/C19H23N3O6S/c1-12(2)9-22(13-7-8-29(26,27)11-13)16(23)10-28-19(25)17-14-5-3-4-6-15(14)18(24)21-20-17/h3-6,12-13H,7-11H2,1-2H3,(H,21,24)/t13-/m1/s1. The number of hydrogen-bond donors (Lipinski definition) is 1. The molecule has 1 aliphatic rings. The van der Waals surface area contributed by atoms with Crippen molar-refractivity contribution in [1.82, 2.24) is 15.1 Å². The van der Waals surface area contributed by atoms with Crippen molar-refractivity contribution in [2.45, 2.75) is 26.3 Å². The van der Waals surface area contributed by atoms with Gasteiger partial charge in [0, 0.05) is 18.0 Å². The average Bonchev–Trinajstić information content (AvgIpc) is 3.04. The molecule has 1 aromatic heterocycles. The molecule has 1 fully saturated rings. The molecule has 2 aromatic rings. The molecular formula is C19H23N3O6S. The number of amides is 1. The van der Waals surface area contributed by atoms with Crippen molar-refractivity contribution in [3.8, 4) is 0 Å². The van der Waals surface area contributed by atoms with Crippen LogP contribution in [0.4, 0.5) is 0 Å². The van der Waals surface area contributed by atoms with Crippen LogP contribution in [0.3, 0.4) is 0 Å². The third kappa shape index (κ3) is 4.81. The van der Waals surface area contributed by atoms with E-state index in [-0.39, 0.29) is 23.1 Å². The number of nitrogens with one attached hydrogen (secondary N) is 1. The number of fused-ring (bicyclic) bond motifs is 1. The first-order valence-corrected chi connectivity index (χ1v) is 11.1. The lowest BCUT2D eigenvalue weighted by atomic mass is 10.1. The molecule has 1 saturated heterocycles. The van der Waals surface area contributed by atoms with Crippen molar-refractivity contribution in [1.29, 1.82) is 0 Å². The smallest absolute Gasteiger partial charge is 0.359 e. The summed E-state index contributed by atoms with van der Waals surface area (Å²) in [5, 5.41) is 6.62. The first-order valence-electron chi connectivity index (χ1n) is 9.32. The summed E-state index contributed by atoms with van der Waals surface area (Å²) in [6, 6.07) is 6.04. The molecule has 0 unspecified atom stereocenters. The van der Waals surface area contributed by atoms with Gasteiger partial charge in [0.05, 0.1) is 16.9 Å². The summed E-state index contributed by atoms with van der Waals surface area (Å²) in [7, 11) is -3.16. The number of benzene rings is 1. The van der Waals surface area contributed by atoms with Gasteiger partial charge in [0.1, 0.15) is 0 Å². The second-order valence-electron chi connectivity index (χ2n) is 7.52. The SMILES string of the molecule is CC(C)CN(C(=O)COC(=O)c1n[nH]c(=O)c2ccccc12)[C@@H]1CCS(=O)(=O)C1. The Morgan fingerprint density at radius 2 is 1.97 bits per heavy atom. The molecule has 3 rings (SSSR count). The molecule has 0 spiro atoms. The van der Waals surface area contributed by atoms with E-state index in [4.69, 9.17) is 4.74 Å². The second-order valence-corrected chi connectivity index (χ2v) is 9.75. The van der Waals surface area contributed by atoms with E-state index in [1.165, 1.54) is 4.90 Å². The van der Waals surface area contributed by atoms with E-state index in [9.17, 15) is 22.8 Å². The highest BCUT2D eigenvalue weighted by Gasteiger charge is 2.35. The Morgan fingerprint density at radius 3 is 2.59 bits per heavy atom. The van der Waals surface area contributed by atoms with Gasteiger partial charge in [-0.1, -0.05) is 32.0 Å². The van der Waals surface area contributed by atoms with Crippen LogP contribution in [0.2, 0.25) is 0 Å². The molecule has 1 atom stereocenters. The third-order valence-electron chi connectivity index (χ3n) is 4.75. The highest BCUT2D eigenvalue weighted by atomic mass is 32.2. The number of hydrogen-bond acceptors (Lipinski definition) is 7. The fourth-order valence-corrected chi connectivity index (χ4v) is 5.15. The van der Waals surface area contributed by atoms with Crippen molar-refractivity contribution in [2.75, 3.05) is 24.7 Å². The molecule has 2 heterocycles. The number of carbonyl (C=O) groups excluding carboxylic acids is 2. The predicted molar refractivity (Wildman–Crippen MR) is 106 cm³/mol. The first-order chi connectivity index (χ1) is 13.7. The Hall–Kier alpha value is -2.75. The number of H-pyrrole nitrogens is 1. The number of aromatic nitrogens is 2. The minimum absolute atomic E-state index is 0.0482. The first kappa shape index (κ1) is 21.0. The van der Waals surface area contributed by atoms with Crippen LogP contribution in [-0.4, -0.2) is 66.1 Å². The lowest BCUT2D eigenvalue weighted by Crippen LogP contribution is -2.45. The normalized spacial score (nSPS) is 18.1. The molecule has 0 radical (unpaired) electrons. The minimum Gasteiger partial charge on any atom is -0.451 e. The molecule has 0 bridgehead atoms. The lowest BCUT2D eigenvalue weighted by molar-refractivity contribution is -0.137. The molecule has 9 nitrogen and oxygen atoms in total. The number of sulfone groups is 1. The van der Waals surface area contributed by atoms with Crippen LogP contribution in [0.5, 0.6) is 0 Å². The van der Waals surface area contributed by atoms with Crippen LogP contribution < -0.4 is 5.56 Å². The van der Waals surface area contributed by atoms with Crippen LogP contribution in [0, 0.1) is 5.92 Å². The summed E-state index contributed by atoms with van der Waals surface area (Å²) in [6.45, 7) is 3.69. The number of ether oxygens (including phenoxy) is 1. The van der Waals surface area contributed by atoms with Gasteiger partial charge in [-0.3, -0.25) is 9.59 Å². The number of esters is 1. The molecule has 1 amide bonds. The third-order valence-corrected chi connectivity index (χ3v) is 6.50. The number of nitrogens with zero attached hydrogens (tertiary/aromatic N) is 2. The van der Waals surface area contributed by atoms with E-state index < -0.39 is 39.9 Å². The van der Waals surface area contributed by atoms with E-state index >= 15 is 0 Å². The molecule has 29 heavy (non-hydrogen) atoms. The van der Waals surface area contributed by atoms with Gasteiger partial charge < -0.3 is 9.64 Å². The van der Waals surface area contributed by atoms with E-state index in [0.29, 0.717) is 23.7 Å². The summed E-state index contributed by atoms with van der Waals surface area (Å²) in [5.41, 5.74) is -0.523. The summed E-state index contributed by atoms with van der Waals surface area (Å²) < 4.78 is 28.7. The minimum atomic E-state index is -3.16. The van der Waals surface area contributed by atoms with Gasteiger partial charge in [0.2, 0.25) is 0 Å². The van der Waals surface area contributed by atoms with Gasteiger partial charge in [-0.15, -0.1) is 0 Å². The maximum atomic E-state index is 12.7. The number of carbonyl (C=O) groups is 2. The van der Waals surface area contributed by atoms with Gasteiger partial charge in [-0.05, 0) is 18.4 Å². The van der Waals surface area contributed by atoms with Crippen LogP contribution in [0.1, 0.15) is 30.8 Å². The Labute approximate surface area is 168 Å². The fourth-order valence-electron chi connectivity index (χ4n) is 3.42. The molecule has 0 saturated carbocycles. The Balaban J connectivity index is 1.74. The summed E-state index contributed by atoms with van der Waals surface area (Å²) in [4.78, 5) is 38.5. The topological polar surface area (TPSA) is 126 Å². The Bertz CT molecular complexity index is 1090. The zero-order valence-corrected chi connectivity index (χ0v) is 17.1. The van der Waals surface area contributed by atoms with E-state index in [1.807, 2.05) is 13.8 Å². The van der Waals surface area contributed by atoms with Crippen LogP contribution in [0.25, 0.3) is 10.8 Å². The molecule has 10 heteroatoms. The summed E-state index contributed by atoms with van der Waals surface area (Å²) >= 11 is 0. The molecule has 1 N–H and O–H groups in total. The molecule has 0 aliphatic carbocycles. The van der Waals surface area contributed by atoms with Gasteiger partial charge in [-0.25, -0.2) is 18.3 Å². The highest BCUT2D eigenvalue weighted by molar-refractivity contribution is 7.91. The molecule has 1 aromatic carbocycles. The van der Waals surface area contributed by atoms with E-state index in [1.54, 1.807) is 24.3 Å². The molecule has 1 aliphatic heterocycles. The maximum Gasteiger partial charge on any atom is 0.359 e. The second kappa shape index (κ2) is 8.32. The largest absolute Gasteiger partial charge is 0.451 e. The zero-order valence-electron chi connectivity index (χ0n) is 16.3. The average molecular weight is 421 g/mol. The van der Waals surface area contributed by atoms with Crippen molar-refractivity contribution in [2.24, 2.45) is 5.92 Å². The van der Waals surface area contributed by atoms with Crippen LogP contribution >= 0.6 is 0 Å². The molecule has 156 valence electrons. The fraction of sp³-hybridized carbons (Fsp3) is 0.474. The number of rotatable bonds is 6. The summed E-state index contributed by atoms with van der Waals surface area (Å²) in [6.07, 6.45) is 0.376. The Kier molecular flexibility index (Phi) is 6.02. The quantitative estimate of drug-likeness (QED) is 0.682. The van der Waals surface area contributed by atoms with Crippen molar-refractivity contribution in [3.05, 3.63) is 40.3 Å². The van der Waals surface area contributed by atoms with E-state index in [2.05, 4.69) is 10.2 Å². The van der Waals surface area contributed by atoms with Crippen molar-refractivity contribution in [3.63, 3.8) is 0 Å².